The third-order valence-electron chi connectivity index (χ3n) is 4.40. The highest BCUT2D eigenvalue weighted by molar-refractivity contribution is 5.80. The lowest BCUT2D eigenvalue weighted by Gasteiger charge is -2.27. The lowest BCUT2D eigenvalue weighted by atomic mass is 9.82. The molecule has 1 aliphatic carbocycles. The van der Waals surface area contributed by atoms with E-state index in [1.54, 1.807) is 0 Å². The van der Waals surface area contributed by atoms with Crippen molar-refractivity contribution in [3.63, 3.8) is 0 Å². The summed E-state index contributed by atoms with van der Waals surface area (Å²) < 4.78 is 10.9. The van der Waals surface area contributed by atoms with Crippen LogP contribution in [0, 0.1) is 22.7 Å². The standard InChI is InChI=1S/C21H38O4/c1-20(2,3)14-24-18(22)13-17(12-16-10-8-7-9-11-16)19(23)25-15-21(4,5)6/h16-17H,7-15H2,1-6H3. The van der Waals surface area contributed by atoms with Gasteiger partial charge in [-0.2, -0.15) is 0 Å². The van der Waals surface area contributed by atoms with E-state index in [9.17, 15) is 9.59 Å². The summed E-state index contributed by atoms with van der Waals surface area (Å²) in [5.74, 6) is -0.383. The zero-order valence-corrected chi connectivity index (χ0v) is 17.2. The molecule has 1 fully saturated rings. The van der Waals surface area contributed by atoms with Crippen molar-refractivity contribution in [2.75, 3.05) is 13.2 Å². The number of hydrogen-bond donors (Lipinski definition) is 0. The minimum absolute atomic E-state index is 0.0682. The normalized spacial score (nSPS) is 17.8. The van der Waals surface area contributed by atoms with Crippen LogP contribution in [0.5, 0.6) is 0 Å². The number of carbonyl (C=O) groups excluding carboxylic acids is 2. The van der Waals surface area contributed by atoms with Crippen LogP contribution in [0.3, 0.4) is 0 Å². The molecule has 0 N–H and O–H groups in total. The van der Waals surface area contributed by atoms with Crippen molar-refractivity contribution >= 4 is 11.9 Å². The number of ether oxygens (including phenoxy) is 2. The lowest BCUT2D eigenvalue weighted by Crippen LogP contribution is -2.29. The van der Waals surface area contributed by atoms with Gasteiger partial charge in [-0.15, -0.1) is 0 Å². The van der Waals surface area contributed by atoms with Crippen LogP contribution in [0.4, 0.5) is 0 Å². The smallest absolute Gasteiger partial charge is 0.309 e. The fourth-order valence-corrected chi connectivity index (χ4v) is 3.05. The second-order valence-electron chi connectivity index (χ2n) is 10.0. The van der Waals surface area contributed by atoms with Gasteiger partial charge in [0.2, 0.25) is 0 Å². The minimum atomic E-state index is -0.377. The summed E-state index contributed by atoms with van der Waals surface area (Å²) in [6.45, 7) is 12.9. The highest BCUT2D eigenvalue weighted by Gasteiger charge is 2.29. The summed E-state index contributed by atoms with van der Waals surface area (Å²) in [5.41, 5.74) is -0.140. The van der Waals surface area contributed by atoms with Crippen molar-refractivity contribution in [2.24, 2.45) is 22.7 Å². The van der Waals surface area contributed by atoms with Gasteiger partial charge in [-0.3, -0.25) is 9.59 Å². The maximum absolute atomic E-state index is 12.6. The predicted molar refractivity (Wildman–Crippen MR) is 100 cm³/mol. The van der Waals surface area contributed by atoms with Gasteiger partial charge in [-0.25, -0.2) is 0 Å². The quantitative estimate of drug-likeness (QED) is 0.594. The summed E-state index contributed by atoms with van der Waals surface area (Å²) in [5, 5.41) is 0. The van der Waals surface area contributed by atoms with Crippen molar-refractivity contribution in [1.29, 1.82) is 0 Å². The van der Waals surface area contributed by atoms with E-state index in [4.69, 9.17) is 9.47 Å². The largest absolute Gasteiger partial charge is 0.465 e. The Morgan fingerprint density at radius 1 is 0.880 bits per heavy atom. The number of hydrogen-bond acceptors (Lipinski definition) is 4. The van der Waals surface area contributed by atoms with Crippen molar-refractivity contribution in [2.45, 2.75) is 86.5 Å². The summed E-state index contributed by atoms with van der Waals surface area (Å²) in [6.07, 6.45) is 6.92. The summed E-state index contributed by atoms with van der Waals surface area (Å²) >= 11 is 0. The Morgan fingerprint density at radius 3 is 1.92 bits per heavy atom. The second-order valence-corrected chi connectivity index (χ2v) is 10.0. The van der Waals surface area contributed by atoms with E-state index in [1.807, 2.05) is 41.5 Å². The molecule has 0 heterocycles. The maximum Gasteiger partial charge on any atom is 0.309 e. The highest BCUT2D eigenvalue weighted by atomic mass is 16.5. The van der Waals surface area contributed by atoms with E-state index in [0.29, 0.717) is 19.1 Å². The predicted octanol–water partition coefficient (Wildman–Crippen LogP) is 5.14. The summed E-state index contributed by atoms with van der Waals surface area (Å²) in [4.78, 5) is 24.8. The Labute approximate surface area is 154 Å². The molecule has 0 saturated heterocycles. The molecule has 25 heavy (non-hydrogen) atoms. The van der Waals surface area contributed by atoms with Crippen molar-refractivity contribution in [3.8, 4) is 0 Å². The number of rotatable bonds is 7. The second kappa shape index (κ2) is 9.59. The minimum Gasteiger partial charge on any atom is -0.465 e. The molecular weight excluding hydrogens is 316 g/mol. The van der Waals surface area contributed by atoms with E-state index < -0.39 is 0 Å². The summed E-state index contributed by atoms with van der Waals surface area (Å²) in [6, 6.07) is 0. The van der Waals surface area contributed by atoms with Gasteiger partial charge in [0, 0.05) is 0 Å². The van der Waals surface area contributed by atoms with Crippen LogP contribution >= 0.6 is 0 Å². The fraction of sp³-hybridized carbons (Fsp3) is 0.905. The van der Waals surface area contributed by atoms with Gasteiger partial charge in [0.05, 0.1) is 25.6 Å². The van der Waals surface area contributed by atoms with Crippen molar-refractivity contribution in [1.82, 2.24) is 0 Å². The average Bonchev–Trinajstić information content (AvgIpc) is 2.49. The molecule has 4 nitrogen and oxygen atoms in total. The van der Waals surface area contributed by atoms with E-state index in [-0.39, 0.29) is 35.1 Å². The van der Waals surface area contributed by atoms with Gasteiger partial charge < -0.3 is 9.47 Å². The third-order valence-corrected chi connectivity index (χ3v) is 4.40. The first-order chi connectivity index (χ1) is 11.5. The van der Waals surface area contributed by atoms with E-state index in [1.165, 1.54) is 19.3 Å². The molecule has 0 radical (unpaired) electrons. The first kappa shape index (κ1) is 22.0. The monoisotopic (exact) mass is 354 g/mol. The SMILES string of the molecule is CC(C)(C)COC(=O)CC(CC1CCCCC1)C(=O)OCC(C)(C)C. The van der Waals surface area contributed by atoms with Crippen LogP contribution in [0.25, 0.3) is 0 Å². The Balaban J connectivity index is 2.62. The van der Waals surface area contributed by atoms with Gasteiger partial charge in [0.15, 0.2) is 0 Å². The van der Waals surface area contributed by atoms with Crippen molar-refractivity contribution in [3.05, 3.63) is 0 Å². The van der Waals surface area contributed by atoms with Crippen LogP contribution in [0.15, 0.2) is 0 Å². The molecule has 0 bridgehead atoms. The molecule has 0 aromatic carbocycles. The average molecular weight is 355 g/mol. The number of carbonyl (C=O) groups is 2. The Morgan fingerprint density at radius 2 is 1.40 bits per heavy atom. The Bertz CT molecular complexity index is 422. The van der Waals surface area contributed by atoms with Crippen LogP contribution in [-0.4, -0.2) is 25.2 Å². The molecule has 1 rings (SSSR count). The van der Waals surface area contributed by atoms with Crippen LogP contribution in [0.2, 0.25) is 0 Å². The molecular formula is C21H38O4. The van der Waals surface area contributed by atoms with E-state index >= 15 is 0 Å². The molecule has 1 aliphatic rings. The number of esters is 2. The first-order valence-corrected chi connectivity index (χ1v) is 9.78. The molecule has 0 spiro atoms. The molecule has 0 aromatic rings. The Hall–Kier alpha value is -1.06. The molecule has 4 heteroatoms. The zero-order chi connectivity index (χ0) is 19.1. The first-order valence-electron chi connectivity index (χ1n) is 9.78. The molecule has 1 unspecified atom stereocenters. The van der Waals surface area contributed by atoms with Gasteiger partial charge in [0.25, 0.3) is 0 Å². The van der Waals surface area contributed by atoms with Crippen LogP contribution < -0.4 is 0 Å². The highest BCUT2D eigenvalue weighted by Crippen LogP contribution is 2.31. The van der Waals surface area contributed by atoms with Crippen LogP contribution in [0.1, 0.15) is 86.5 Å². The molecule has 1 atom stereocenters. The molecule has 146 valence electrons. The molecule has 0 aromatic heterocycles. The maximum atomic E-state index is 12.6. The molecule has 1 saturated carbocycles. The Kier molecular flexibility index (Phi) is 8.43. The van der Waals surface area contributed by atoms with Gasteiger partial charge in [0.1, 0.15) is 0 Å². The molecule has 0 amide bonds. The van der Waals surface area contributed by atoms with Crippen LogP contribution in [-0.2, 0) is 19.1 Å². The fourth-order valence-electron chi connectivity index (χ4n) is 3.05. The van der Waals surface area contributed by atoms with Gasteiger partial charge in [-0.05, 0) is 23.2 Å². The van der Waals surface area contributed by atoms with E-state index in [2.05, 4.69) is 0 Å². The lowest BCUT2D eigenvalue weighted by molar-refractivity contribution is -0.158. The third kappa shape index (κ3) is 10.5. The topological polar surface area (TPSA) is 52.6 Å². The van der Waals surface area contributed by atoms with Gasteiger partial charge in [-0.1, -0.05) is 73.6 Å². The summed E-state index contributed by atoms with van der Waals surface area (Å²) in [7, 11) is 0. The van der Waals surface area contributed by atoms with E-state index in [0.717, 1.165) is 19.3 Å². The van der Waals surface area contributed by atoms with Gasteiger partial charge >= 0.3 is 11.9 Å². The molecule has 0 aliphatic heterocycles. The zero-order valence-electron chi connectivity index (χ0n) is 17.2. The van der Waals surface area contributed by atoms with Crippen molar-refractivity contribution < 1.29 is 19.1 Å².